The van der Waals surface area contributed by atoms with E-state index in [1.54, 1.807) is 12.1 Å². The Morgan fingerprint density at radius 2 is 1.89 bits per heavy atom. The van der Waals surface area contributed by atoms with Crippen LogP contribution in [0.15, 0.2) is 47.1 Å². The van der Waals surface area contributed by atoms with Crippen LogP contribution in [0.3, 0.4) is 0 Å². The number of para-hydroxylation sites is 1. The number of hydrogen-bond donors (Lipinski definition) is 1. The molecule has 0 saturated heterocycles. The molecule has 1 unspecified atom stereocenters. The summed E-state index contributed by atoms with van der Waals surface area (Å²) in [5.74, 6) is 0.126. The van der Waals surface area contributed by atoms with E-state index in [0.717, 1.165) is 6.07 Å². The van der Waals surface area contributed by atoms with Crippen LogP contribution >= 0.6 is 0 Å². The number of ether oxygens (including phenoxy) is 1. The van der Waals surface area contributed by atoms with Crippen LogP contribution in [0.4, 0.5) is 13.2 Å². The first-order valence-corrected chi connectivity index (χ1v) is 5.58. The molecule has 0 bridgehead atoms. The average Bonchev–Trinajstić information content (AvgIpc) is 2.89. The third-order valence-corrected chi connectivity index (χ3v) is 2.54. The van der Waals surface area contributed by atoms with Crippen LogP contribution in [-0.2, 0) is 6.18 Å². The minimum absolute atomic E-state index is 0.0136. The summed E-state index contributed by atoms with van der Waals surface area (Å²) >= 11 is 0. The van der Waals surface area contributed by atoms with Gasteiger partial charge >= 0.3 is 6.18 Å². The molecular weight excluding hydrogens is 259 g/mol. The minimum Gasteiger partial charge on any atom is -0.481 e. The molecule has 2 N–H and O–H groups in total. The smallest absolute Gasteiger partial charge is 0.419 e. The fourth-order valence-corrected chi connectivity index (χ4v) is 1.65. The van der Waals surface area contributed by atoms with E-state index in [1.807, 2.05) is 0 Å². The van der Waals surface area contributed by atoms with Crippen molar-refractivity contribution in [3.63, 3.8) is 0 Å². The van der Waals surface area contributed by atoms with Gasteiger partial charge in [-0.05, 0) is 24.3 Å². The van der Waals surface area contributed by atoms with Gasteiger partial charge in [-0.3, -0.25) is 0 Å². The number of alkyl halides is 3. The molecule has 0 aliphatic rings. The Morgan fingerprint density at radius 1 is 1.16 bits per heavy atom. The molecule has 0 radical (unpaired) electrons. The quantitative estimate of drug-likeness (QED) is 0.927. The van der Waals surface area contributed by atoms with Crippen molar-refractivity contribution in [2.45, 2.75) is 12.3 Å². The zero-order valence-electron chi connectivity index (χ0n) is 9.85. The monoisotopic (exact) mass is 271 g/mol. The lowest BCUT2D eigenvalue weighted by atomic mass is 10.2. The summed E-state index contributed by atoms with van der Waals surface area (Å²) in [7, 11) is 0. The molecule has 1 atom stereocenters. The SMILES string of the molecule is NCC(Oc1ccccc1C(F)(F)F)c1ccco1. The van der Waals surface area contributed by atoms with E-state index in [-0.39, 0.29) is 12.3 Å². The third kappa shape index (κ3) is 3.08. The largest absolute Gasteiger partial charge is 0.481 e. The van der Waals surface area contributed by atoms with Gasteiger partial charge in [0, 0.05) is 6.54 Å². The fourth-order valence-electron chi connectivity index (χ4n) is 1.65. The van der Waals surface area contributed by atoms with Gasteiger partial charge < -0.3 is 14.9 Å². The van der Waals surface area contributed by atoms with Crippen molar-refractivity contribution in [2.24, 2.45) is 5.73 Å². The van der Waals surface area contributed by atoms with Crippen LogP contribution < -0.4 is 10.5 Å². The van der Waals surface area contributed by atoms with Gasteiger partial charge in [-0.25, -0.2) is 0 Å². The molecule has 19 heavy (non-hydrogen) atoms. The molecule has 0 aliphatic carbocycles. The first kappa shape index (κ1) is 13.5. The maximum Gasteiger partial charge on any atom is 0.419 e. The standard InChI is InChI=1S/C13H12F3NO2/c14-13(15,16)9-4-1-2-5-10(9)19-12(8-17)11-6-3-7-18-11/h1-7,12H,8,17H2. The van der Waals surface area contributed by atoms with Gasteiger partial charge in [-0.2, -0.15) is 13.2 Å². The van der Waals surface area contributed by atoms with Gasteiger partial charge in [-0.15, -0.1) is 0 Å². The van der Waals surface area contributed by atoms with E-state index in [1.165, 1.54) is 24.5 Å². The molecule has 0 spiro atoms. The van der Waals surface area contributed by atoms with Crippen molar-refractivity contribution in [1.82, 2.24) is 0 Å². The highest BCUT2D eigenvalue weighted by atomic mass is 19.4. The second kappa shape index (κ2) is 5.36. The lowest BCUT2D eigenvalue weighted by Gasteiger charge is -2.18. The predicted molar refractivity (Wildman–Crippen MR) is 62.6 cm³/mol. The van der Waals surface area contributed by atoms with E-state index in [9.17, 15) is 13.2 Å². The summed E-state index contributed by atoms with van der Waals surface area (Å²) in [4.78, 5) is 0. The van der Waals surface area contributed by atoms with Crippen LogP contribution in [0.25, 0.3) is 0 Å². The summed E-state index contributed by atoms with van der Waals surface area (Å²) in [6, 6.07) is 8.23. The summed E-state index contributed by atoms with van der Waals surface area (Å²) in [6.07, 6.45) is -3.81. The van der Waals surface area contributed by atoms with E-state index in [4.69, 9.17) is 14.9 Å². The van der Waals surface area contributed by atoms with Gasteiger partial charge in [0.15, 0.2) is 6.10 Å². The van der Waals surface area contributed by atoms with E-state index < -0.39 is 17.8 Å². The molecule has 3 nitrogen and oxygen atoms in total. The van der Waals surface area contributed by atoms with Crippen molar-refractivity contribution in [3.8, 4) is 5.75 Å². The highest BCUT2D eigenvalue weighted by Gasteiger charge is 2.34. The number of nitrogens with two attached hydrogens (primary N) is 1. The van der Waals surface area contributed by atoms with Crippen molar-refractivity contribution in [3.05, 3.63) is 54.0 Å². The van der Waals surface area contributed by atoms with E-state index in [2.05, 4.69) is 0 Å². The highest BCUT2D eigenvalue weighted by molar-refractivity contribution is 5.36. The second-order valence-electron chi connectivity index (χ2n) is 3.85. The molecule has 1 heterocycles. The number of benzene rings is 1. The number of hydrogen-bond acceptors (Lipinski definition) is 3. The van der Waals surface area contributed by atoms with Gasteiger partial charge in [0.1, 0.15) is 11.5 Å². The summed E-state index contributed by atoms with van der Waals surface area (Å²) in [5.41, 5.74) is 4.67. The Hall–Kier alpha value is -1.95. The second-order valence-corrected chi connectivity index (χ2v) is 3.85. The van der Waals surface area contributed by atoms with Crippen molar-refractivity contribution in [2.75, 3.05) is 6.54 Å². The minimum atomic E-state index is -4.47. The third-order valence-electron chi connectivity index (χ3n) is 2.54. The Balaban J connectivity index is 2.28. The van der Waals surface area contributed by atoms with Crippen molar-refractivity contribution < 1.29 is 22.3 Å². The van der Waals surface area contributed by atoms with E-state index >= 15 is 0 Å². The Kier molecular flexibility index (Phi) is 3.80. The average molecular weight is 271 g/mol. The molecule has 2 rings (SSSR count). The molecule has 6 heteroatoms. The first-order chi connectivity index (χ1) is 9.02. The zero-order valence-corrected chi connectivity index (χ0v) is 9.85. The fraction of sp³-hybridized carbons (Fsp3) is 0.231. The number of rotatable bonds is 4. The Morgan fingerprint density at radius 3 is 2.47 bits per heavy atom. The first-order valence-electron chi connectivity index (χ1n) is 5.58. The van der Waals surface area contributed by atoms with Gasteiger partial charge in [-0.1, -0.05) is 12.1 Å². The van der Waals surface area contributed by atoms with E-state index in [0.29, 0.717) is 5.76 Å². The topological polar surface area (TPSA) is 48.4 Å². The summed E-state index contributed by atoms with van der Waals surface area (Å²) < 4.78 is 48.9. The maximum atomic E-state index is 12.8. The highest BCUT2D eigenvalue weighted by Crippen LogP contribution is 2.37. The summed E-state index contributed by atoms with van der Waals surface area (Å²) in [5, 5.41) is 0. The maximum absolute atomic E-state index is 12.8. The lowest BCUT2D eigenvalue weighted by Crippen LogP contribution is -2.19. The van der Waals surface area contributed by atoms with Crippen LogP contribution in [0.1, 0.15) is 17.4 Å². The van der Waals surface area contributed by atoms with Crippen LogP contribution in [0.5, 0.6) is 5.75 Å². The predicted octanol–water partition coefficient (Wildman–Crippen LogP) is 3.38. The molecule has 1 aromatic heterocycles. The molecule has 0 fully saturated rings. The molecule has 102 valence electrons. The molecular formula is C13H12F3NO2. The van der Waals surface area contributed by atoms with Gasteiger partial charge in [0.05, 0.1) is 11.8 Å². The number of furan rings is 1. The Bertz CT molecular complexity index is 523. The molecule has 1 aromatic carbocycles. The molecule has 0 amide bonds. The summed E-state index contributed by atoms with van der Waals surface area (Å²) in [6.45, 7) is 0.0136. The van der Waals surface area contributed by atoms with Crippen LogP contribution in [0, 0.1) is 0 Å². The van der Waals surface area contributed by atoms with Crippen LogP contribution in [0.2, 0.25) is 0 Å². The zero-order chi connectivity index (χ0) is 13.9. The molecule has 0 aliphatic heterocycles. The van der Waals surface area contributed by atoms with Gasteiger partial charge in [0.2, 0.25) is 0 Å². The molecule has 2 aromatic rings. The number of halogens is 3. The molecule has 0 saturated carbocycles. The normalized spacial score (nSPS) is 13.3. The van der Waals surface area contributed by atoms with Crippen LogP contribution in [-0.4, -0.2) is 6.54 Å². The van der Waals surface area contributed by atoms with Crippen molar-refractivity contribution in [1.29, 1.82) is 0 Å². The van der Waals surface area contributed by atoms with Gasteiger partial charge in [0.25, 0.3) is 0 Å². The lowest BCUT2D eigenvalue weighted by molar-refractivity contribution is -0.139. The van der Waals surface area contributed by atoms with Crippen molar-refractivity contribution >= 4 is 0 Å². The Labute approximate surface area is 107 Å².